The molecule has 1 fully saturated rings. The number of imidazole rings is 1. The predicted molar refractivity (Wildman–Crippen MR) is 94.3 cm³/mol. The van der Waals surface area contributed by atoms with Crippen molar-refractivity contribution in [2.24, 2.45) is 14.1 Å². The SMILES string of the molecule is CC(C)n1c(CN2CCCC[C@@H]2C)nc2c1c(=O)n(C)c(=O)n2C. The average molecular weight is 333 g/mol. The van der Waals surface area contributed by atoms with Crippen LogP contribution in [0.5, 0.6) is 0 Å². The van der Waals surface area contributed by atoms with Crippen molar-refractivity contribution in [3.8, 4) is 0 Å². The second-order valence-electron chi connectivity index (χ2n) is 7.19. The van der Waals surface area contributed by atoms with Gasteiger partial charge in [0.2, 0.25) is 0 Å². The fourth-order valence-corrected chi connectivity index (χ4v) is 3.70. The Morgan fingerprint density at radius 3 is 2.50 bits per heavy atom. The van der Waals surface area contributed by atoms with Gasteiger partial charge in [-0.3, -0.25) is 18.8 Å². The second kappa shape index (κ2) is 6.20. The summed E-state index contributed by atoms with van der Waals surface area (Å²) < 4.78 is 4.63. The highest BCUT2D eigenvalue weighted by Crippen LogP contribution is 2.22. The summed E-state index contributed by atoms with van der Waals surface area (Å²) in [7, 11) is 3.20. The monoisotopic (exact) mass is 333 g/mol. The van der Waals surface area contributed by atoms with Gasteiger partial charge in [-0.15, -0.1) is 0 Å². The van der Waals surface area contributed by atoms with Crippen LogP contribution in [0.2, 0.25) is 0 Å². The van der Waals surface area contributed by atoms with Crippen molar-refractivity contribution in [3.63, 3.8) is 0 Å². The summed E-state index contributed by atoms with van der Waals surface area (Å²) in [5.74, 6) is 0.868. The third-order valence-electron chi connectivity index (χ3n) is 5.17. The molecule has 0 aromatic carbocycles. The van der Waals surface area contributed by atoms with Crippen LogP contribution in [0.4, 0.5) is 0 Å². The van der Waals surface area contributed by atoms with Gasteiger partial charge in [-0.25, -0.2) is 9.78 Å². The predicted octanol–water partition coefficient (Wildman–Crippen LogP) is 1.39. The average Bonchev–Trinajstić information content (AvgIpc) is 2.92. The number of aromatic nitrogens is 4. The molecule has 7 heteroatoms. The fourth-order valence-electron chi connectivity index (χ4n) is 3.70. The van der Waals surface area contributed by atoms with Crippen molar-refractivity contribution in [3.05, 3.63) is 26.7 Å². The molecule has 1 atom stereocenters. The number of fused-ring (bicyclic) bond motifs is 1. The molecule has 1 saturated heterocycles. The van der Waals surface area contributed by atoms with E-state index >= 15 is 0 Å². The van der Waals surface area contributed by atoms with Crippen molar-refractivity contribution >= 4 is 11.2 Å². The zero-order valence-corrected chi connectivity index (χ0v) is 15.2. The summed E-state index contributed by atoms with van der Waals surface area (Å²) in [4.78, 5) is 32.0. The van der Waals surface area contributed by atoms with Gasteiger partial charge < -0.3 is 4.57 Å². The Morgan fingerprint density at radius 1 is 1.17 bits per heavy atom. The third-order valence-corrected chi connectivity index (χ3v) is 5.17. The van der Waals surface area contributed by atoms with E-state index in [9.17, 15) is 9.59 Å². The van der Waals surface area contributed by atoms with Crippen molar-refractivity contribution in [1.82, 2.24) is 23.6 Å². The molecule has 2 aromatic heterocycles. The fraction of sp³-hybridized carbons (Fsp3) is 0.706. The van der Waals surface area contributed by atoms with Crippen molar-refractivity contribution in [1.29, 1.82) is 0 Å². The van der Waals surface area contributed by atoms with Gasteiger partial charge in [0.15, 0.2) is 11.2 Å². The smallest absolute Gasteiger partial charge is 0.318 e. The number of hydrogen-bond acceptors (Lipinski definition) is 4. The first-order valence-corrected chi connectivity index (χ1v) is 8.73. The lowest BCUT2D eigenvalue weighted by Gasteiger charge is -2.33. The first kappa shape index (κ1) is 17.0. The molecular weight excluding hydrogens is 306 g/mol. The van der Waals surface area contributed by atoms with E-state index in [0.29, 0.717) is 23.8 Å². The summed E-state index contributed by atoms with van der Waals surface area (Å²) in [6.45, 7) is 8.12. The van der Waals surface area contributed by atoms with Gasteiger partial charge in [0, 0.05) is 26.2 Å². The minimum atomic E-state index is -0.334. The molecule has 1 aliphatic heterocycles. The number of nitrogens with zero attached hydrogens (tertiary/aromatic N) is 5. The Balaban J connectivity index is 2.19. The standard InChI is InChI=1S/C17H27N5O2/c1-11(2)22-13(10-21-9-7-6-8-12(21)3)18-15-14(22)16(23)20(5)17(24)19(15)4/h11-12H,6-10H2,1-5H3/t12-/m0/s1. The summed E-state index contributed by atoms with van der Waals surface area (Å²) in [6, 6.07) is 0.626. The Morgan fingerprint density at radius 2 is 1.88 bits per heavy atom. The van der Waals surface area contributed by atoms with E-state index in [1.165, 1.54) is 30.9 Å². The lowest BCUT2D eigenvalue weighted by atomic mass is 10.0. The Hall–Kier alpha value is -1.89. The van der Waals surface area contributed by atoms with Crippen molar-refractivity contribution < 1.29 is 0 Å². The van der Waals surface area contributed by atoms with Gasteiger partial charge in [-0.05, 0) is 40.2 Å². The lowest BCUT2D eigenvalue weighted by molar-refractivity contribution is 0.146. The maximum Gasteiger partial charge on any atom is 0.332 e. The topological polar surface area (TPSA) is 65.1 Å². The molecule has 132 valence electrons. The number of piperidine rings is 1. The van der Waals surface area contributed by atoms with Gasteiger partial charge in [-0.1, -0.05) is 6.42 Å². The number of rotatable bonds is 3. The van der Waals surface area contributed by atoms with Crippen LogP contribution >= 0.6 is 0 Å². The Labute approximate surface area is 141 Å². The summed E-state index contributed by atoms with van der Waals surface area (Å²) in [5.41, 5.74) is 0.400. The summed E-state index contributed by atoms with van der Waals surface area (Å²) >= 11 is 0. The first-order chi connectivity index (χ1) is 11.3. The minimum absolute atomic E-state index is 0.107. The minimum Gasteiger partial charge on any atom is -0.318 e. The van der Waals surface area contributed by atoms with Gasteiger partial charge in [0.1, 0.15) is 5.82 Å². The van der Waals surface area contributed by atoms with Gasteiger partial charge in [0.25, 0.3) is 5.56 Å². The molecule has 0 unspecified atom stereocenters. The zero-order chi connectivity index (χ0) is 17.6. The number of aryl methyl sites for hydroxylation is 1. The van der Waals surface area contributed by atoms with Crippen molar-refractivity contribution in [2.75, 3.05) is 6.54 Å². The highest BCUT2D eigenvalue weighted by molar-refractivity contribution is 5.71. The Kier molecular flexibility index (Phi) is 4.38. The molecule has 2 aromatic rings. The van der Waals surface area contributed by atoms with Crippen LogP contribution in [0.15, 0.2) is 9.59 Å². The van der Waals surface area contributed by atoms with Crippen LogP contribution in [0.3, 0.4) is 0 Å². The molecular formula is C17H27N5O2. The molecule has 0 radical (unpaired) electrons. The van der Waals surface area contributed by atoms with Crippen LogP contribution in [-0.4, -0.2) is 36.2 Å². The van der Waals surface area contributed by atoms with E-state index < -0.39 is 0 Å². The zero-order valence-electron chi connectivity index (χ0n) is 15.2. The van der Waals surface area contributed by atoms with Crippen LogP contribution in [0.25, 0.3) is 11.2 Å². The number of hydrogen-bond donors (Lipinski definition) is 0. The molecule has 0 amide bonds. The van der Waals surface area contributed by atoms with E-state index in [1.54, 1.807) is 7.05 Å². The quantitative estimate of drug-likeness (QED) is 0.851. The maximum atomic E-state index is 12.7. The van der Waals surface area contributed by atoms with Gasteiger partial charge in [0.05, 0.1) is 6.54 Å². The van der Waals surface area contributed by atoms with Crippen LogP contribution < -0.4 is 11.2 Å². The molecule has 0 saturated carbocycles. The third kappa shape index (κ3) is 2.60. The van der Waals surface area contributed by atoms with Crippen molar-refractivity contribution in [2.45, 2.75) is 58.7 Å². The van der Waals surface area contributed by atoms with Crippen LogP contribution in [0.1, 0.15) is 51.9 Å². The summed E-state index contributed by atoms with van der Waals surface area (Å²) in [5, 5.41) is 0. The largest absolute Gasteiger partial charge is 0.332 e. The molecule has 0 bridgehead atoms. The van der Waals surface area contributed by atoms with Gasteiger partial charge >= 0.3 is 5.69 Å². The highest BCUT2D eigenvalue weighted by Gasteiger charge is 2.24. The van der Waals surface area contributed by atoms with E-state index in [-0.39, 0.29) is 17.3 Å². The molecule has 24 heavy (non-hydrogen) atoms. The van der Waals surface area contributed by atoms with Crippen LogP contribution in [-0.2, 0) is 20.6 Å². The maximum absolute atomic E-state index is 12.7. The first-order valence-electron chi connectivity index (χ1n) is 8.73. The van der Waals surface area contributed by atoms with E-state index in [2.05, 4.69) is 25.7 Å². The molecule has 3 rings (SSSR count). The van der Waals surface area contributed by atoms with Gasteiger partial charge in [-0.2, -0.15) is 0 Å². The molecule has 3 heterocycles. The second-order valence-corrected chi connectivity index (χ2v) is 7.19. The lowest BCUT2D eigenvalue weighted by Crippen LogP contribution is -2.38. The normalized spacial score (nSPS) is 19.5. The van der Waals surface area contributed by atoms with E-state index in [1.807, 2.05) is 4.57 Å². The number of likely N-dealkylation sites (tertiary alicyclic amines) is 1. The van der Waals surface area contributed by atoms with E-state index in [0.717, 1.165) is 16.9 Å². The molecule has 1 aliphatic rings. The Bertz CT molecular complexity index is 874. The van der Waals surface area contributed by atoms with Crippen LogP contribution in [0, 0.1) is 0 Å². The molecule has 7 nitrogen and oxygen atoms in total. The van der Waals surface area contributed by atoms with E-state index in [4.69, 9.17) is 4.98 Å². The molecule has 0 aliphatic carbocycles. The highest BCUT2D eigenvalue weighted by atomic mass is 16.2. The summed E-state index contributed by atoms with van der Waals surface area (Å²) in [6.07, 6.45) is 3.67. The molecule has 0 N–H and O–H groups in total. The molecule has 0 spiro atoms.